The van der Waals surface area contributed by atoms with Gasteiger partial charge in [-0.3, -0.25) is 4.90 Å². The number of likely N-dealkylation sites (tertiary alicyclic amines) is 1. The summed E-state index contributed by atoms with van der Waals surface area (Å²) >= 11 is 8.26. The van der Waals surface area contributed by atoms with Crippen molar-refractivity contribution < 1.29 is 9.13 Å². The van der Waals surface area contributed by atoms with E-state index in [9.17, 15) is 5.26 Å². The van der Waals surface area contributed by atoms with Gasteiger partial charge in [0.05, 0.1) is 16.3 Å². The van der Waals surface area contributed by atoms with E-state index in [0.29, 0.717) is 58.0 Å². The number of ether oxygens (including phenoxy) is 1. The van der Waals surface area contributed by atoms with E-state index in [1.54, 1.807) is 12.1 Å². The van der Waals surface area contributed by atoms with Crippen LogP contribution in [0.5, 0.6) is 6.01 Å². The molecule has 0 radical (unpaired) electrons. The molecule has 2 bridgehead atoms. The van der Waals surface area contributed by atoms with Crippen molar-refractivity contribution in [2.45, 2.75) is 37.9 Å². The van der Waals surface area contributed by atoms with Crippen molar-refractivity contribution in [2.75, 3.05) is 43.9 Å². The van der Waals surface area contributed by atoms with E-state index in [2.05, 4.69) is 40.1 Å². The SMILES string of the molecule is C[C@@H]1CN(C)[C@@H]1COc1nc(N2CC3CCC(C2)N3)c2cc(Cl)c(-c3csc4ccc(N)c(C#N)c34)c(F)c2n1. The zero-order valence-electron chi connectivity index (χ0n) is 22.2. The van der Waals surface area contributed by atoms with Crippen LogP contribution < -0.4 is 20.7 Å². The van der Waals surface area contributed by atoms with Gasteiger partial charge in [0, 0.05) is 69.7 Å². The lowest BCUT2D eigenvalue weighted by Gasteiger charge is -2.43. The number of piperazine rings is 1. The zero-order chi connectivity index (χ0) is 27.7. The van der Waals surface area contributed by atoms with E-state index in [1.807, 2.05) is 11.4 Å². The lowest BCUT2D eigenvalue weighted by Crippen LogP contribution is -2.55. The summed E-state index contributed by atoms with van der Waals surface area (Å²) in [7, 11) is 2.07. The Morgan fingerprint density at radius 1 is 1.25 bits per heavy atom. The first-order valence-electron chi connectivity index (χ1n) is 13.6. The maximum atomic E-state index is 16.7. The van der Waals surface area contributed by atoms with E-state index >= 15 is 4.39 Å². The maximum Gasteiger partial charge on any atom is 0.319 e. The fourth-order valence-corrected chi connectivity index (χ4v) is 7.84. The summed E-state index contributed by atoms with van der Waals surface area (Å²) in [6.07, 6.45) is 2.21. The van der Waals surface area contributed by atoms with E-state index in [0.717, 1.165) is 37.2 Å². The van der Waals surface area contributed by atoms with E-state index < -0.39 is 5.82 Å². The van der Waals surface area contributed by atoms with Crippen molar-refractivity contribution in [1.82, 2.24) is 20.2 Å². The van der Waals surface area contributed by atoms with Crippen LogP contribution in [0, 0.1) is 23.1 Å². The number of anilines is 2. The molecule has 40 heavy (non-hydrogen) atoms. The first-order valence-corrected chi connectivity index (χ1v) is 14.8. The number of fused-ring (bicyclic) bond motifs is 4. The Labute approximate surface area is 240 Å². The average Bonchev–Trinajstić information content (AvgIpc) is 3.50. The van der Waals surface area contributed by atoms with Gasteiger partial charge >= 0.3 is 6.01 Å². The van der Waals surface area contributed by atoms with Crippen LogP contribution in [0.4, 0.5) is 15.9 Å². The van der Waals surface area contributed by atoms with Crippen LogP contribution in [0.25, 0.3) is 32.1 Å². The second-order valence-electron chi connectivity index (χ2n) is 11.3. The molecule has 4 atom stereocenters. The number of halogens is 2. The van der Waals surface area contributed by atoms with E-state index in [1.165, 1.54) is 11.3 Å². The average molecular weight is 578 g/mol. The Morgan fingerprint density at radius 2 is 2.02 bits per heavy atom. The molecule has 3 fully saturated rings. The number of nitrogens with one attached hydrogen (secondary N) is 1. The van der Waals surface area contributed by atoms with Gasteiger partial charge in [0.2, 0.25) is 0 Å². The van der Waals surface area contributed by atoms with Gasteiger partial charge < -0.3 is 20.7 Å². The molecule has 11 heteroatoms. The molecular weight excluding hydrogens is 549 g/mol. The van der Waals surface area contributed by atoms with Crippen molar-refractivity contribution in [1.29, 1.82) is 5.26 Å². The summed E-state index contributed by atoms with van der Waals surface area (Å²) in [6, 6.07) is 8.63. The van der Waals surface area contributed by atoms with Crippen LogP contribution in [0.1, 0.15) is 25.3 Å². The molecule has 2 aromatic carbocycles. The van der Waals surface area contributed by atoms with E-state index in [4.69, 9.17) is 27.1 Å². The number of likely N-dealkylation sites (N-methyl/N-ethyl adjacent to an activating group) is 1. The summed E-state index contributed by atoms with van der Waals surface area (Å²) < 4.78 is 23.6. The minimum atomic E-state index is -0.561. The molecule has 7 rings (SSSR count). The Balaban J connectivity index is 1.39. The zero-order valence-corrected chi connectivity index (χ0v) is 23.8. The first-order chi connectivity index (χ1) is 19.3. The Morgan fingerprint density at radius 3 is 2.73 bits per heavy atom. The fourth-order valence-electron chi connectivity index (χ4n) is 6.59. The highest BCUT2D eigenvalue weighted by Gasteiger charge is 2.36. The molecule has 4 aromatic rings. The molecule has 0 saturated carbocycles. The Hall–Kier alpha value is -3.23. The number of hydrogen-bond acceptors (Lipinski definition) is 9. The molecule has 2 aromatic heterocycles. The van der Waals surface area contributed by atoms with Gasteiger partial charge in [-0.1, -0.05) is 18.5 Å². The first kappa shape index (κ1) is 25.7. The quantitative estimate of drug-likeness (QED) is 0.319. The highest BCUT2D eigenvalue weighted by atomic mass is 35.5. The minimum Gasteiger partial charge on any atom is -0.462 e. The van der Waals surface area contributed by atoms with Crippen molar-refractivity contribution in [3.63, 3.8) is 0 Å². The summed E-state index contributed by atoms with van der Waals surface area (Å²) in [4.78, 5) is 13.9. The van der Waals surface area contributed by atoms with Gasteiger partial charge in [-0.15, -0.1) is 11.3 Å². The summed E-state index contributed by atoms with van der Waals surface area (Å²) in [5.74, 6) is 0.580. The van der Waals surface area contributed by atoms with Gasteiger partial charge in [0.25, 0.3) is 0 Å². The standard InChI is InChI=1S/C29H29ClFN7OS/c1-14-9-37(2)22(14)12-39-29-35-27-17(28(36-29)38-10-15-3-4-16(11-38)34-15)7-20(30)25(26(27)31)19-13-40-23-6-5-21(33)18(8-32)24(19)23/h5-7,13-16,22,34H,3-4,9-12,33H2,1-2H3/t14-,15?,16?,22-/m1/s1. The topological polar surface area (TPSA) is 103 Å². The van der Waals surface area contributed by atoms with Crippen LogP contribution in [0.3, 0.4) is 0 Å². The molecule has 5 heterocycles. The number of nitriles is 1. The second kappa shape index (κ2) is 9.70. The van der Waals surface area contributed by atoms with Crippen molar-refractivity contribution >= 4 is 55.4 Å². The number of thiophene rings is 1. The van der Waals surface area contributed by atoms with Crippen LogP contribution in [0.2, 0.25) is 5.02 Å². The van der Waals surface area contributed by atoms with Gasteiger partial charge in [-0.25, -0.2) is 4.39 Å². The van der Waals surface area contributed by atoms with Gasteiger partial charge in [-0.05, 0) is 44.0 Å². The van der Waals surface area contributed by atoms with Crippen molar-refractivity contribution in [3.8, 4) is 23.2 Å². The Bertz CT molecular complexity index is 1680. The number of hydrogen-bond donors (Lipinski definition) is 2. The summed E-state index contributed by atoms with van der Waals surface area (Å²) in [6.45, 7) is 5.18. The van der Waals surface area contributed by atoms with Crippen LogP contribution in [0.15, 0.2) is 23.6 Å². The predicted molar refractivity (Wildman–Crippen MR) is 158 cm³/mol. The molecule has 2 unspecified atom stereocenters. The number of benzene rings is 2. The Kier molecular flexibility index (Phi) is 6.24. The summed E-state index contributed by atoms with van der Waals surface area (Å²) in [5, 5.41) is 16.7. The van der Waals surface area contributed by atoms with Crippen LogP contribution in [-0.2, 0) is 0 Å². The minimum absolute atomic E-state index is 0.155. The van der Waals surface area contributed by atoms with Crippen LogP contribution >= 0.6 is 22.9 Å². The second-order valence-corrected chi connectivity index (χ2v) is 12.6. The third-order valence-electron chi connectivity index (χ3n) is 8.69. The largest absolute Gasteiger partial charge is 0.462 e. The van der Waals surface area contributed by atoms with Crippen LogP contribution in [-0.4, -0.2) is 66.3 Å². The fraction of sp³-hybridized carbons (Fsp3) is 0.414. The third-order valence-corrected chi connectivity index (χ3v) is 9.94. The molecule has 3 aliphatic rings. The molecule has 0 spiro atoms. The highest BCUT2D eigenvalue weighted by molar-refractivity contribution is 7.17. The summed E-state index contributed by atoms with van der Waals surface area (Å²) in [5.41, 5.74) is 7.66. The normalized spacial score (nSPS) is 24.4. The lowest BCUT2D eigenvalue weighted by atomic mass is 9.92. The van der Waals surface area contributed by atoms with Crippen molar-refractivity contribution in [2.24, 2.45) is 5.92 Å². The molecule has 0 aliphatic carbocycles. The smallest absolute Gasteiger partial charge is 0.319 e. The molecule has 8 nitrogen and oxygen atoms in total. The molecule has 206 valence electrons. The number of nitrogen functional groups attached to an aromatic ring is 1. The number of rotatable bonds is 5. The monoisotopic (exact) mass is 577 g/mol. The molecule has 3 N–H and O–H groups in total. The van der Waals surface area contributed by atoms with E-state index in [-0.39, 0.29) is 28.2 Å². The lowest BCUT2D eigenvalue weighted by molar-refractivity contribution is 0.0159. The third kappa shape index (κ3) is 4.06. The predicted octanol–water partition coefficient (Wildman–Crippen LogP) is 5.03. The van der Waals surface area contributed by atoms with Gasteiger partial charge in [0.15, 0.2) is 5.82 Å². The maximum absolute atomic E-state index is 16.7. The van der Waals surface area contributed by atoms with Crippen molar-refractivity contribution in [3.05, 3.63) is 40.0 Å². The highest BCUT2D eigenvalue weighted by Crippen LogP contribution is 2.45. The number of aromatic nitrogens is 2. The molecule has 0 amide bonds. The number of nitrogens with two attached hydrogens (primary N) is 1. The molecule has 3 saturated heterocycles. The molecular formula is C29H29ClFN7OS. The number of nitrogens with zero attached hydrogens (tertiary/aromatic N) is 5. The van der Waals surface area contributed by atoms with Gasteiger partial charge in [-0.2, -0.15) is 15.2 Å². The molecule has 3 aliphatic heterocycles. The van der Waals surface area contributed by atoms with Gasteiger partial charge in [0.1, 0.15) is 24.0 Å².